The van der Waals surface area contributed by atoms with Crippen LogP contribution in [0.4, 0.5) is 4.79 Å². The van der Waals surface area contributed by atoms with Gasteiger partial charge < -0.3 is 15.3 Å². The van der Waals surface area contributed by atoms with Gasteiger partial charge in [-0.05, 0) is 5.56 Å². The predicted octanol–water partition coefficient (Wildman–Crippen LogP) is -0.130. The Morgan fingerprint density at radius 1 is 1.27 bits per heavy atom. The van der Waals surface area contributed by atoms with Crippen LogP contribution in [0, 0.1) is 0 Å². The number of benzene rings is 1. The van der Waals surface area contributed by atoms with Gasteiger partial charge in [0.25, 0.3) is 0 Å². The number of carbonyl (C=O) groups excluding carboxylic acids is 3. The first-order chi connectivity index (χ1) is 10.5. The maximum atomic E-state index is 11.9. The lowest BCUT2D eigenvalue weighted by molar-refractivity contribution is -0.142. The summed E-state index contributed by atoms with van der Waals surface area (Å²) in [4.78, 5) is 46.9. The Morgan fingerprint density at radius 2 is 1.95 bits per heavy atom. The van der Waals surface area contributed by atoms with Crippen molar-refractivity contribution < 1.29 is 24.3 Å². The molecule has 2 rings (SSSR count). The van der Waals surface area contributed by atoms with Crippen molar-refractivity contribution in [3.05, 3.63) is 35.9 Å². The van der Waals surface area contributed by atoms with Crippen LogP contribution in [0.1, 0.15) is 18.0 Å². The Labute approximate surface area is 126 Å². The molecule has 8 heteroatoms. The minimum Gasteiger partial charge on any atom is -0.479 e. The molecular formula is C14H15N3O5. The Balaban J connectivity index is 1.99. The molecule has 0 spiro atoms. The zero-order valence-electron chi connectivity index (χ0n) is 11.6. The smallest absolute Gasteiger partial charge is 0.330 e. The summed E-state index contributed by atoms with van der Waals surface area (Å²) >= 11 is 0. The molecule has 0 bridgehead atoms. The summed E-state index contributed by atoms with van der Waals surface area (Å²) in [5, 5.41) is 13.7. The number of rotatable bonds is 5. The number of nitrogens with zero attached hydrogens (tertiary/aromatic N) is 1. The van der Waals surface area contributed by atoms with Crippen molar-refractivity contribution in [3.8, 4) is 0 Å². The topological polar surface area (TPSA) is 116 Å². The third kappa shape index (κ3) is 3.81. The maximum Gasteiger partial charge on any atom is 0.330 e. The number of urea groups is 1. The molecule has 1 saturated heterocycles. The number of amides is 4. The molecule has 1 aromatic carbocycles. The number of nitrogens with one attached hydrogen (secondary N) is 2. The number of carboxylic acid groups (broad SMARTS) is 1. The normalized spacial score (nSPS) is 15.9. The lowest BCUT2D eigenvalue weighted by Crippen LogP contribution is -2.52. The highest BCUT2D eigenvalue weighted by atomic mass is 16.4. The zero-order chi connectivity index (χ0) is 16.1. The maximum absolute atomic E-state index is 11.9. The highest BCUT2D eigenvalue weighted by Gasteiger charge is 2.27. The van der Waals surface area contributed by atoms with Crippen molar-refractivity contribution in [2.75, 3.05) is 13.1 Å². The molecule has 0 radical (unpaired) electrons. The van der Waals surface area contributed by atoms with E-state index in [-0.39, 0.29) is 19.5 Å². The third-order valence-electron chi connectivity index (χ3n) is 3.16. The molecule has 0 aromatic heterocycles. The van der Waals surface area contributed by atoms with E-state index in [0.717, 1.165) is 4.90 Å². The van der Waals surface area contributed by atoms with Crippen LogP contribution < -0.4 is 10.6 Å². The third-order valence-corrected chi connectivity index (χ3v) is 3.16. The van der Waals surface area contributed by atoms with Crippen molar-refractivity contribution in [1.82, 2.24) is 15.5 Å². The van der Waals surface area contributed by atoms with Crippen molar-refractivity contribution >= 4 is 23.8 Å². The van der Waals surface area contributed by atoms with Crippen LogP contribution in [0.25, 0.3) is 0 Å². The van der Waals surface area contributed by atoms with Gasteiger partial charge in [0.05, 0.1) is 0 Å². The van der Waals surface area contributed by atoms with Crippen LogP contribution in [-0.2, 0) is 14.4 Å². The van der Waals surface area contributed by atoms with Crippen LogP contribution >= 0.6 is 0 Å². The van der Waals surface area contributed by atoms with Gasteiger partial charge >= 0.3 is 12.0 Å². The van der Waals surface area contributed by atoms with Crippen LogP contribution in [0.5, 0.6) is 0 Å². The molecule has 1 aromatic rings. The van der Waals surface area contributed by atoms with Crippen molar-refractivity contribution in [3.63, 3.8) is 0 Å². The molecule has 3 N–H and O–H groups in total. The lowest BCUT2D eigenvalue weighted by Gasteiger charge is -2.26. The largest absolute Gasteiger partial charge is 0.479 e. The summed E-state index contributed by atoms with van der Waals surface area (Å²) in [7, 11) is 0. The predicted molar refractivity (Wildman–Crippen MR) is 74.7 cm³/mol. The second-order valence-corrected chi connectivity index (χ2v) is 4.77. The molecule has 1 aliphatic heterocycles. The fourth-order valence-electron chi connectivity index (χ4n) is 2.06. The second kappa shape index (κ2) is 6.70. The molecule has 116 valence electrons. The zero-order valence-corrected chi connectivity index (χ0v) is 11.6. The SMILES string of the molecule is O=C1CCN(CC(=O)N[C@H](C(=O)O)c2ccccc2)C(=O)N1. The molecule has 1 atom stereocenters. The summed E-state index contributed by atoms with van der Waals surface area (Å²) in [6, 6.07) is 6.40. The van der Waals surface area contributed by atoms with Crippen molar-refractivity contribution in [2.24, 2.45) is 0 Å². The number of imide groups is 1. The quantitative estimate of drug-likeness (QED) is 0.701. The molecule has 1 heterocycles. The van der Waals surface area contributed by atoms with E-state index in [4.69, 9.17) is 0 Å². The summed E-state index contributed by atoms with van der Waals surface area (Å²) < 4.78 is 0. The van der Waals surface area contributed by atoms with E-state index in [9.17, 15) is 24.3 Å². The van der Waals surface area contributed by atoms with Gasteiger partial charge in [0.1, 0.15) is 6.54 Å². The molecular weight excluding hydrogens is 290 g/mol. The van der Waals surface area contributed by atoms with Gasteiger partial charge in [0, 0.05) is 13.0 Å². The van der Waals surface area contributed by atoms with E-state index in [1.807, 2.05) is 0 Å². The van der Waals surface area contributed by atoms with Gasteiger partial charge in [0.15, 0.2) is 6.04 Å². The Morgan fingerprint density at radius 3 is 2.55 bits per heavy atom. The summed E-state index contributed by atoms with van der Waals surface area (Å²) in [5.41, 5.74) is 0.432. The van der Waals surface area contributed by atoms with Crippen molar-refractivity contribution in [1.29, 1.82) is 0 Å². The fraction of sp³-hybridized carbons (Fsp3) is 0.286. The Kier molecular flexibility index (Phi) is 4.72. The van der Waals surface area contributed by atoms with Gasteiger partial charge in [-0.15, -0.1) is 0 Å². The van der Waals surface area contributed by atoms with E-state index in [1.165, 1.54) is 0 Å². The Hall–Kier alpha value is -2.90. The fourth-order valence-corrected chi connectivity index (χ4v) is 2.06. The lowest BCUT2D eigenvalue weighted by atomic mass is 10.1. The van der Waals surface area contributed by atoms with E-state index >= 15 is 0 Å². The van der Waals surface area contributed by atoms with Crippen LogP contribution in [0.3, 0.4) is 0 Å². The molecule has 8 nitrogen and oxygen atoms in total. The minimum atomic E-state index is -1.20. The first-order valence-corrected chi connectivity index (χ1v) is 6.63. The summed E-state index contributed by atoms with van der Waals surface area (Å²) in [6.07, 6.45) is 0.111. The van der Waals surface area contributed by atoms with E-state index in [1.54, 1.807) is 30.3 Å². The molecule has 1 aliphatic rings. The number of hydrogen-bond donors (Lipinski definition) is 3. The van der Waals surface area contributed by atoms with Gasteiger partial charge in [-0.2, -0.15) is 0 Å². The van der Waals surface area contributed by atoms with Crippen LogP contribution in [-0.4, -0.2) is 46.9 Å². The summed E-state index contributed by atoms with van der Waals surface area (Å²) in [6.45, 7) is -0.184. The minimum absolute atomic E-state index is 0.111. The van der Waals surface area contributed by atoms with Gasteiger partial charge in [0.2, 0.25) is 11.8 Å². The molecule has 4 amide bonds. The number of carbonyl (C=O) groups is 4. The molecule has 0 unspecified atom stereocenters. The van der Waals surface area contributed by atoms with Gasteiger partial charge in [-0.1, -0.05) is 30.3 Å². The standard InChI is InChI=1S/C14H15N3O5/c18-10-6-7-17(14(22)16-10)8-11(19)15-12(13(20)21)9-4-2-1-3-5-9/h1-5,12H,6-8H2,(H,15,19)(H,20,21)(H,16,18,22)/t12-/m0/s1. The monoisotopic (exact) mass is 305 g/mol. The van der Waals surface area contributed by atoms with Gasteiger partial charge in [-0.3, -0.25) is 14.9 Å². The van der Waals surface area contributed by atoms with Gasteiger partial charge in [-0.25, -0.2) is 9.59 Å². The average molecular weight is 305 g/mol. The van der Waals surface area contributed by atoms with Crippen LogP contribution in [0.15, 0.2) is 30.3 Å². The highest BCUT2D eigenvalue weighted by molar-refractivity contribution is 5.98. The molecule has 0 aliphatic carbocycles. The van der Waals surface area contributed by atoms with E-state index < -0.39 is 29.9 Å². The molecule has 22 heavy (non-hydrogen) atoms. The van der Waals surface area contributed by atoms with E-state index in [0.29, 0.717) is 5.56 Å². The van der Waals surface area contributed by atoms with E-state index in [2.05, 4.69) is 10.6 Å². The first kappa shape index (κ1) is 15.5. The average Bonchev–Trinajstić information content (AvgIpc) is 2.48. The van der Waals surface area contributed by atoms with Crippen LogP contribution in [0.2, 0.25) is 0 Å². The first-order valence-electron chi connectivity index (χ1n) is 6.63. The number of hydrogen-bond acceptors (Lipinski definition) is 4. The Bertz CT molecular complexity index is 602. The molecule has 0 saturated carbocycles. The number of carboxylic acids is 1. The van der Waals surface area contributed by atoms with Crippen molar-refractivity contribution in [2.45, 2.75) is 12.5 Å². The molecule has 1 fully saturated rings. The number of aliphatic carboxylic acids is 1. The summed E-state index contributed by atoms with van der Waals surface area (Å²) in [5.74, 6) is -2.20. The highest BCUT2D eigenvalue weighted by Crippen LogP contribution is 2.12. The second-order valence-electron chi connectivity index (χ2n) is 4.77.